The molecule has 0 radical (unpaired) electrons. The zero-order chi connectivity index (χ0) is 10.9. The summed E-state index contributed by atoms with van der Waals surface area (Å²) in [7, 11) is 1.82. The SMILES string of the molecule is CC(C)CN(C)C(=O)C1(C(N)=S)CC1. The third kappa shape index (κ3) is 2.05. The van der Waals surface area contributed by atoms with E-state index in [1.807, 2.05) is 7.05 Å². The molecular weight excluding hydrogens is 196 g/mol. The maximum absolute atomic E-state index is 12.0. The van der Waals surface area contributed by atoms with E-state index in [9.17, 15) is 4.79 Å². The molecule has 2 N–H and O–H groups in total. The summed E-state index contributed by atoms with van der Waals surface area (Å²) in [5.41, 5.74) is 5.10. The lowest BCUT2D eigenvalue weighted by Crippen LogP contribution is -2.42. The Kier molecular flexibility index (Phi) is 3.14. The molecule has 0 heterocycles. The van der Waals surface area contributed by atoms with Gasteiger partial charge in [-0.15, -0.1) is 0 Å². The molecule has 0 aromatic rings. The monoisotopic (exact) mass is 214 g/mol. The van der Waals surface area contributed by atoms with Crippen molar-refractivity contribution in [3.63, 3.8) is 0 Å². The molecule has 0 bridgehead atoms. The highest BCUT2D eigenvalue weighted by atomic mass is 32.1. The maximum atomic E-state index is 12.0. The lowest BCUT2D eigenvalue weighted by molar-refractivity contribution is -0.133. The fraction of sp³-hybridized carbons (Fsp3) is 0.800. The summed E-state index contributed by atoms with van der Waals surface area (Å²) in [4.78, 5) is 14.1. The van der Waals surface area contributed by atoms with Crippen molar-refractivity contribution in [1.29, 1.82) is 0 Å². The largest absolute Gasteiger partial charge is 0.392 e. The van der Waals surface area contributed by atoms with Crippen LogP contribution in [0, 0.1) is 11.3 Å². The summed E-state index contributed by atoms with van der Waals surface area (Å²) in [5.74, 6) is 0.574. The van der Waals surface area contributed by atoms with Crippen molar-refractivity contribution in [2.45, 2.75) is 26.7 Å². The highest BCUT2D eigenvalue weighted by Crippen LogP contribution is 2.47. The van der Waals surface area contributed by atoms with Crippen LogP contribution in [0.4, 0.5) is 0 Å². The number of carbonyl (C=O) groups is 1. The quantitative estimate of drug-likeness (QED) is 0.715. The molecule has 4 heteroatoms. The van der Waals surface area contributed by atoms with E-state index in [-0.39, 0.29) is 5.91 Å². The van der Waals surface area contributed by atoms with Gasteiger partial charge >= 0.3 is 0 Å². The first-order valence-corrected chi connectivity index (χ1v) is 5.36. The van der Waals surface area contributed by atoms with Crippen LogP contribution in [0.3, 0.4) is 0 Å². The second-order valence-corrected chi connectivity index (χ2v) is 4.97. The first kappa shape index (κ1) is 11.4. The van der Waals surface area contributed by atoms with E-state index >= 15 is 0 Å². The second-order valence-electron chi connectivity index (χ2n) is 4.53. The van der Waals surface area contributed by atoms with Crippen molar-refractivity contribution >= 4 is 23.1 Å². The van der Waals surface area contributed by atoms with Gasteiger partial charge in [-0.25, -0.2) is 0 Å². The molecule has 0 aliphatic heterocycles. The Labute approximate surface area is 90.6 Å². The summed E-state index contributed by atoms with van der Waals surface area (Å²) < 4.78 is 0. The van der Waals surface area contributed by atoms with Gasteiger partial charge in [0.15, 0.2) is 0 Å². The summed E-state index contributed by atoms with van der Waals surface area (Å²) >= 11 is 4.93. The third-order valence-electron chi connectivity index (χ3n) is 2.62. The topological polar surface area (TPSA) is 46.3 Å². The molecular formula is C10H18N2OS. The molecule has 0 aromatic carbocycles. The predicted molar refractivity (Wildman–Crippen MR) is 60.9 cm³/mol. The summed E-state index contributed by atoms with van der Waals surface area (Å²) in [6, 6.07) is 0. The summed E-state index contributed by atoms with van der Waals surface area (Å²) in [6.07, 6.45) is 1.65. The minimum absolute atomic E-state index is 0.0960. The molecule has 0 spiro atoms. The van der Waals surface area contributed by atoms with Gasteiger partial charge in [0.1, 0.15) is 0 Å². The van der Waals surface area contributed by atoms with Crippen molar-refractivity contribution in [2.24, 2.45) is 17.1 Å². The molecule has 1 aliphatic carbocycles. The third-order valence-corrected chi connectivity index (χ3v) is 3.01. The lowest BCUT2D eigenvalue weighted by Gasteiger charge is -2.24. The first-order valence-electron chi connectivity index (χ1n) is 4.95. The van der Waals surface area contributed by atoms with Gasteiger partial charge in [-0.3, -0.25) is 4.79 Å². The van der Waals surface area contributed by atoms with Gasteiger partial charge in [0.05, 0.1) is 10.4 Å². The van der Waals surface area contributed by atoms with Crippen LogP contribution in [0.1, 0.15) is 26.7 Å². The lowest BCUT2D eigenvalue weighted by atomic mass is 10.1. The van der Waals surface area contributed by atoms with Crippen molar-refractivity contribution in [3.8, 4) is 0 Å². The van der Waals surface area contributed by atoms with Gasteiger partial charge in [0, 0.05) is 13.6 Å². The molecule has 0 atom stereocenters. The Hall–Kier alpha value is -0.640. The summed E-state index contributed by atoms with van der Waals surface area (Å²) in [6.45, 7) is 4.94. The highest BCUT2D eigenvalue weighted by Gasteiger charge is 2.53. The average Bonchev–Trinajstić information content (AvgIpc) is 2.81. The van der Waals surface area contributed by atoms with Gasteiger partial charge in [-0.2, -0.15) is 0 Å². The predicted octanol–water partition coefficient (Wildman–Crippen LogP) is 1.17. The number of nitrogens with zero attached hydrogens (tertiary/aromatic N) is 1. The van der Waals surface area contributed by atoms with Gasteiger partial charge in [-0.05, 0) is 18.8 Å². The van der Waals surface area contributed by atoms with Crippen LogP contribution < -0.4 is 5.73 Å². The van der Waals surface area contributed by atoms with Crippen LogP contribution in [0.25, 0.3) is 0 Å². The van der Waals surface area contributed by atoms with Crippen LogP contribution in [-0.2, 0) is 4.79 Å². The van der Waals surface area contributed by atoms with Crippen LogP contribution in [0.5, 0.6) is 0 Å². The molecule has 1 fully saturated rings. The minimum atomic E-state index is -0.487. The van der Waals surface area contributed by atoms with Crippen molar-refractivity contribution < 1.29 is 4.79 Å². The number of thiocarbonyl (C=S) groups is 1. The number of amides is 1. The molecule has 1 saturated carbocycles. The smallest absolute Gasteiger partial charge is 0.235 e. The van der Waals surface area contributed by atoms with Crippen molar-refractivity contribution in [3.05, 3.63) is 0 Å². The number of nitrogens with two attached hydrogens (primary N) is 1. The van der Waals surface area contributed by atoms with E-state index in [1.54, 1.807) is 4.90 Å². The number of rotatable bonds is 4. The standard InChI is InChI=1S/C10H18N2OS/c1-7(2)6-12(3)9(13)10(4-5-10)8(11)14/h7H,4-6H2,1-3H3,(H2,11,14). The molecule has 14 heavy (non-hydrogen) atoms. The Morgan fingerprint density at radius 2 is 2.07 bits per heavy atom. The Morgan fingerprint density at radius 1 is 1.57 bits per heavy atom. The van der Waals surface area contributed by atoms with Crippen molar-refractivity contribution in [2.75, 3.05) is 13.6 Å². The number of carbonyl (C=O) groups excluding carboxylic acids is 1. The fourth-order valence-electron chi connectivity index (χ4n) is 1.69. The summed E-state index contributed by atoms with van der Waals surface area (Å²) in [5, 5.41) is 0. The van der Waals surface area contributed by atoms with Crippen LogP contribution in [-0.4, -0.2) is 29.4 Å². The Bertz CT molecular complexity index is 259. The van der Waals surface area contributed by atoms with Crippen molar-refractivity contribution in [1.82, 2.24) is 4.90 Å². The van der Waals surface area contributed by atoms with E-state index in [0.29, 0.717) is 10.9 Å². The molecule has 0 saturated heterocycles. The Morgan fingerprint density at radius 3 is 2.36 bits per heavy atom. The second kappa shape index (κ2) is 3.85. The highest BCUT2D eigenvalue weighted by molar-refractivity contribution is 7.80. The van der Waals surface area contributed by atoms with E-state index < -0.39 is 5.41 Å². The molecule has 1 aliphatic rings. The van der Waals surface area contributed by atoms with E-state index in [2.05, 4.69) is 13.8 Å². The van der Waals surface area contributed by atoms with E-state index in [0.717, 1.165) is 19.4 Å². The average molecular weight is 214 g/mol. The number of hydrogen-bond donors (Lipinski definition) is 1. The van der Waals surface area contributed by atoms with Crippen LogP contribution >= 0.6 is 12.2 Å². The van der Waals surface area contributed by atoms with Crippen LogP contribution in [0.2, 0.25) is 0 Å². The van der Waals surface area contributed by atoms with Gasteiger partial charge in [-0.1, -0.05) is 26.1 Å². The number of hydrogen-bond acceptors (Lipinski definition) is 2. The Balaban J connectivity index is 2.61. The molecule has 1 amide bonds. The van der Waals surface area contributed by atoms with Crippen LogP contribution in [0.15, 0.2) is 0 Å². The van der Waals surface area contributed by atoms with Gasteiger partial charge in [0.2, 0.25) is 5.91 Å². The maximum Gasteiger partial charge on any atom is 0.235 e. The van der Waals surface area contributed by atoms with Gasteiger partial charge < -0.3 is 10.6 Å². The van der Waals surface area contributed by atoms with E-state index in [1.165, 1.54) is 0 Å². The molecule has 80 valence electrons. The zero-order valence-electron chi connectivity index (χ0n) is 9.04. The molecule has 0 aromatic heterocycles. The zero-order valence-corrected chi connectivity index (χ0v) is 9.86. The van der Waals surface area contributed by atoms with Gasteiger partial charge in [0.25, 0.3) is 0 Å². The molecule has 3 nitrogen and oxygen atoms in total. The molecule has 0 unspecified atom stereocenters. The normalized spacial score (nSPS) is 18.0. The van der Waals surface area contributed by atoms with E-state index in [4.69, 9.17) is 18.0 Å². The fourth-order valence-corrected chi connectivity index (χ4v) is 1.98. The molecule has 1 rings (SSSR count). The minimum Gasteiger partial charge on any atom is -0.392 e. The first-order chi connectivity index (χ1) is 6.40.